The lowest BCUT2D eigenvalue weighted by molar-refractivity contribution is 0.476. The molecule has 0 saturated carbocycles. The first kappa shape index (κ1) is 15.9. The summed E-state index contributed by atoms with van der Waals surface area (Å²) in [5.41, 5.74) is 0.450. The third kappa shape index (κ3) is 3.40. The maximum absolute atomic E-state index is 13.2. The lowest BCUT2D eigenvalue weighted by Gasteiger charge is -2.11. The number of sulfonamides is 1. The molecule has 0 saturated heterocycles. The molecule has 0 aliphatic rings. The molecule has 0 aromatic heterocycles. The average Bonchev–Trinajstić information content (AvgIpc) is 2.38. The Labute approximate surface area is 131 Å². The fraction of sp³-hybridized carbons (Fsp3) is 0.0769. The summed E-state index contributed by atoms with van der Waals surface area (Å²) in [6.07, 6.45) is 0. The van der Waals surface area contributed by atoms with Gasteiger partial charge in [0.2, 0.25) is 0 Å². The highest BCUT2D eigenvalue weighted by atomic mass is 35.5. The number of hydrogen-bond donors (Lipinski definition) is 2. The van der Waals surface area contributed by atoms with Gasteiger partial charge in [0.25, 0.3) is 10.0 Å². The summed E-state index contributed by atoms with van der Waals surface area (Å²) < 4.78 is 40.0. The molecule has 0 aliphatic carbocycles. The fourth-order valence-corrected chi connectivity index (χ4v) is 3.48. The maximum atomic E-state index is 13.2. The van der Waals surface area contributed by atoms with E-state index in [1.807, 2.05) is 0 Å². The van der Waals surface area contributed by atoms with Crippen LogP contribution in [0.15, 0.2) is 35.2 Å². The normalized spacial score (nSPS) is 11.4. The lowest BCUT2D eigenvalue weighted by atomic mass is 10.2. The Bertz CT molecular complexity index is 786. The van der Waals surface area contributed by atoms with E-state index in [1.165, 1.54) is 24.3 Å². The number of nitrogens with one attached hydrogen (secondary N) is 1. The lowest BCUT2D eigenvalue weighted by Crippen LogP contribution is -2.14. The molecule has 0 fully saturated rings. The molecular weight excluding hydrogens is 340 g/mol. The molecule has 0 amide bonds. The molecule has 0 aliphatic heterocycles. The molecule has 2 aromatic rings. The van der Waals surface area contributed by atoms with Crippen LogP contribution in [0.5, 0.6) is 5.75 Å². The van der Waals surface area contributed by atoms with E-state index >= 15 is 0 Å². The van der Waals surface area contributed by atoms with Crippen molar-refractivity contribution < 1.29 is 17.9 Å². The summed E-state index contributed by atoms with van der Waals surface area (Å²) in [6.45, 7) is 1.55. The zero-order valence-corrected chi connectivity index (χ0v) is 13.0. The van der Waals surface area contributed by atoms with Crippen LogP contribution in [0.25, 0.3) is 0 Å². The van der Waals surface area contributed by atoms with E-state index in [4.69, 9.17) is 23.2 Å². The Balaban J connectivity index is 2.45. The number of anilines is 1. The third-order valence-corrected chi connectivity index (χ3v) is 4.81. The summed E-state index contributed by atoms with van der Waals surface area (Å²) >= 11 is 11.4. The van der Waals surface area contributed by atoms with Gasteiger partial charge in [0.15, 0.2) is 5.75 Å². The molecule has 2 aromatic carbocycles. The maximum Gasteiger partial charge on any atom is 0.262 e. The van der Waals surface area contributed by atoms with Crippen LogP contribution >= 0.6 is 23.2 Å². The molecule has 21 heavy (non-hydrogen) atoms. The van der Waals surface area contributed by atoms with Gasteiger partial charge in [-0.2, -0.15) is 0 Å². The van der Waals surface area contributed by atoms with Gasteiger partial charge in [-0.15, -0.1) is 0 Å². The van der Waals surface area contributed by atoms with Gasteiger partial charge in [-0.1, -0.05) is 29.3 Å². The number of hydrogen-bond acceptors (Lipinski definition) is 3. The first-order valence-electron chi connectivity index (χ1n) is 5.67. The van der Waals surface area contributed by atoms with Crippen LogP contribution in [0, 0.1) is 12.7 Å². The highest BCUT2D eigenvalue weighted by Gasteiger charge is 2.19. The van der Waals surface area contributed by atoms with Crippen molar-refractivity contribution in [3.05, 3.63) is 51.8 Å². The van der Waals surface area contributed by atoms with Gasteiger partial charge < -0.3 is 5.11 Å². The highest BCUT2D eigenvalue weighted by Crippen LogP contribution is 2.35. The van der Waals surface area contributed by atoms with Crippen molar-refractivity contribution >= 4 is 38.9 Å². The number of benzene rings is 2. The second-order valence-corrected chi connectivity index (χ2v) is 6.77. The number of phenolic OH excluding ortho intramolecular Hbond substituents is 1. The summed E-state index contributed by atoms with van der Waals surface area (Å²) in [5.74, 6) is -1.01. The Morgan fingerprint density at radius 3 is 2.29 bits per heavy atom. The molecule has 0 radical (unpaired) electrons. The van der Waals surface area contributed by atoms with E-state index in [9.17, 15) is 17.9 Å². The fourth-order valence-electron chi connectivity index (χ4n) is 1.70. The number of halogens is 3. The van der Waals surface area contributed by atoms with Crippen molar-refractivity contribution in [1.29, 1.82) is 0 Å². The number of aryl methyl sites for hydroxylation is 1. The zero-order valence-electron chi connectivity index (χ0n) is 10.7. The second-order valence-electron chi connectivity index (χ2n) is 4.30. The molecule has 0 spiro atoms. The first-order chi connectivity index (χ1) is 9.70. The molecule has 0 bridgehead atoms. The molecule has 8 heteroatoms. The van der Waals surface area contributed by atoms with E-state index in [2.05, 4.69) is 4.72 Å². The number of aromatic hydroxyl groups is 1. The summed E-state index contributed by atoms with van der Waals surface area (Å²) in [7, 11) is -4.00. The van der Waals surface area contributed by atoms with Crippen molar-refractivity contribution in [2.45, 2.75) is 11.8 Å². The molecule has 0 unspecified atom stereocenters. The van der Waals surface area contributed by atoms with Crippen LogP contribution in [0.2, 0.25) is 10.0 Å². The van der Waals surface area contributed by atoms with E-state index < -0.39 is 15.8 Å². The SMILES string of the molecule is Cc1ccc(F)cc1S(=O)(=O)Nc1cc(Cl)c(O)c(Cl)c1. The van der Waals surface area contributed by atoms with Crippen molar-refractivity contribution in [3.63, 3.8) is 0 Å². The van der Waals surface area contributed by atoms with Gasteiger partial charge in [0, 0.05) is 0 Å². The Kier molecular flexibility index (Phi) is 4.32. The van der Waals surface area contributed by atoms with Crippen LogP contribution in [-0.2, 0) is 10.0 Å². The molecule has 2 rings (SSSR count). The van der Waals surface area contributed by atoms with Gasteiger partial charge in [0.1, 0.15) is 5.82 Å². The van der Waals surface area contributed by atoms with Gasteiger partial charge >= 0.3 is 0 Å². The zero-order chi connectivity index (χ0) is 15.8. The summed E-state index contributed by atoms with van der Waals surface area (Å²) in [4.78, 5) is -0.192. The number of phenols is 1. The van der Waals surface area contributed by atoms with Crippen molar-refractivity contribution in [2.24, 2.45) is 0 Å². The average molecular weight is 350 g/mol. The topological polar surface area (TPSA) is 66.4 Å². The second kappa shape index (κ2) is 5.71. The minimum atomic E-state index is -4.00. The van der Waals surface area contributed by atoms with Gasteiger partial charge in [0.05, 0.1) is 20.6 Å². The summed E-state index contributed by atoms with van der Waals surface area (Å²) in [5, 5.41) is 9.23. The number of rotatable bonds is 3. The Hall–Kier alpha value is -1.50. The predicted molar refractivity (Wildman–Crippen MR) is 80.1 cm³/mol. The quantitative estimate of drug-likeness (QED) is 0.824. The summed E-state index contributed by atoms with van der Waals surface area (Å²) in [6, 6.07) is 5.86. The Morgan fingerprint density at radius 2 is 1.71 bits per heavy atom. The molecule has 4 nitrogen and oxygen atoms in total. The first-order valence-corrected chi connectivity index (χ1v) is 7.91. The molecule has 0 heterocycles. The standard InChI is InChI=1S/C13H10Cl2FNO3S/c1-7-2-3-8(16)4-12(7)21(19,20)17-9-5-10(14)13(18)11(15)6-9/h2-6,17-18H,1H3. The van der Waals surface area contributed by atoms with E-state index in [-0.39, 0.29) is 26.4 Å². The van der Waals surface area contributed by atoms with Crippen LogP contribution in [0.4, 0.5) is 10.1 Å². The minimum absolute atomic E-state index is 0.0615. The van der Waals surface area contributed by atoms with Crippen LogP contribution in [0.3, 0.4) is 0 Å². The van der Waals surface area contributed by atoms with Crippen molar-refractivity contribution in [3.8, 4) is 5.75 Å². The van der Waals surface area contributed by atoms with Gasteiger partial charge in [-0.25, -0.2) is 12.8 Å². The van der Waals surface area contributed by atoms with Crippen LogP contribution < -0.4 is 4.72 Å². The molecule has 0 atom stereocenters. The largest absolute Gasteiger partial charge is 0.505 e. The Morgan fingerprint density at radius 1 is 1.14 bits per heavy atom. The van der Waals surface area contributed by atoms with E-state index in [1.54, 1.807) is 6.92 Å². The van der Waals surface area contributed by atoms with Crippen molar-refractivity contribution in [1.82, 2.24) is 0 Å². The van der Waals surface area contributed by atoms with Crippen molar-refractivity contribution in [2.75, 3.05) is 4.72 Å². The predicted octanol–water partition coefficient (Wildman–Crippen LogP) is 3.95. The highest BCUT2D eigenvalue weighted by molar-refractivity contribution is 7.92. The molecule has 112 valence electrons. The van der Waals surface area contributed by atoms with Crippen LogP contribution in [-0.4, -0.2) is 13.5 Å². The molecular formula is C13H10Cl2FNO3S. The van der Waals surface area contributed by atoms with E-state index in [0.717, 1.165) is 6.07 Å². The third-order valence-electron chi connectivity index (χ3n) is 2.71. The smallest absolute Gasteiger partial charge is 0.262 e. The minimum Gasteiger partial charge on any atom is -0.505 e. The molecule has 2 N–H and O–H groups in total. The van der Waals surface area contributed by atoms with Gasteiger partial charge in [-0.3, -0.25) is 4.72 Å². The van der Waals surface area contributed by atoms with E-state index in [0.29, 0.717) is 5.56 Å². The van der Waals surface area contributed by atoms with Crippen LogP contribution in [0.1, 0.15) is 5.56 Å². The van der Waals surface area contributed by atoms with Gasteiger partial charge in [-0.05, 0) is 36.8 Å². The monoisotopic (exact) mass is 349 g/mol.